The van der Waals surface area contributed by atoms with Gasteiger partial charge in [-0.1, -0.05) is 30.5 Å². The predicted molar refractivity (Wildman–Crippen MR) is 68.4 cm³/mol. The molecule has 1 aliphatic rings. The fourth-order valence-corrected chi connectivity index (χ4v) is 2.07. The second kappa shape index (κ2) is 6.61. The number of hydrogen-bond donors (Lipinski definition) is 1. The van der Waals surface area contributed by atoms with Gasteiger partial charge in [-0.2, -0.15) is 0 Å². The van der Waals surface area contributed by atoms with E-state index in [9.17, 15) is 4.79 Å². The van der Waals surface area contributed by atoms with Crippen LogP contribution in [0.5, 0.6) is 5.75 Å². The molecule has 1 fully saturated rings. The van der Waals surface area contributed by atoms with E-state index in [1.807, 2.05) is 0 Å². The van der Waals surface area contributed by atoms with Gasteiger partial charge < -0.3 is 4.74 Å². The van der Waals surface area contributed by atoms with E-state index in [-0.39, 0.29) is 18.6 Å². The minimum Gasteiger partial charge on any atom is -0.484 e. The lowest BCUT2D eigenvalue weighted by atomic mass is 10.3. The molecule has 1 amide bonds. The van der Waals surface area contributed by atoms with Crippen LogP contribution < -0.4 is 10.2 Å². The van der Waals surface area contributed by atoms with E-state index in [0.717, 1.165) is 12.8 Å². The van der Waals surface area contributed by atoms with Crippen LogP contribution in [0.4, 0.5) is 0 Å². The average molecular weight is 270 g/mol. The van der Waals surface area contributed by atoms with E-state index in [4.69, 9.17) is 21.2 Å². The summed E-state index contributed by atoms with van der Waals surface area (Å²) in [5.41, 5.74) is 2.41. The van der Waals surface area contributed by atoms with Crippen LogP contribution in [0.3, 0.4) is 0 Å². The first-order valence-corrected chi connectivity index (χ1v) is 6.45. The van der Waals surface area contributed by atoms with Gasteiger partial charge in [0.25, 0.3) is 5.91 Å². The summed E-state index contributed by atoms with van der Waals surface area (Å²) in [4.78, 5) is 16.7. The number of hydrogen-bond acceptors (Lipinski definition) is 3. The number of ether oxygens (including phenoxy) is 1. The topological polar surface area (TPSA) is 47.6 Å². The maximum atomic E-state index is 11.5. The number of halogens is 1. The molecule has 0 saturated heterocycles. The number of carbonyl (C=O) groups excluding carboxylic acids is 1. The third kappa shape index (κ3) is 4.20. The van der Waals surface area contributed by atoms with Crippen molar-refractivity contribution in [1.29, 1.82) is 0 Å². The molecule has 4 nitrogen and oxygen atoms in total. The van der Waals surface area contributed by atoms with Gasteiger partial charge in [-0.05, 0) is 31.0 Å². The molecule has 0 spiro atoms. The molecule has 1 saturated carbocycles. The molecular formula is C13H16ClNO3. The summed E-state index contributed by atoms with van der Waals surface area (Å²) in [5, 5.41) is 0.579. The van der Waals surface area contributed by atoms with Gasteiger partial charge in [0, 0.05) is 5.02 Å². The van der Waals surface area contributed by atoms with Crippen LogP contribution >= 0.6 is 11.6 Å². The second-order valence-electron chi connectivity index (χ2n) is 4.30. The lowest BCUT2D eigenvalue weighted by Gasteiger charge is -2.11. The van der Waals surface area contributed by atoms with Crippen molar-refractivity contribution in [2.75, 3.05) is 6.61 Å². The maximum Gasteiger partial charge on any atom is 0.281 e. The van der Waals surface area contributed by atoms with E-state index in [1.165, 1.54) is 12.8 Å². The van der Waals surface area contributed by atoms with Crippen LogP contribution in [0.25, 0.3) is 0 Å². The molecule has 18 heavy (non-hydrogen) atoms. The average Bonchev–Trinajstić information content (AvgIpc) is 2.87. The molecule has 2 rings (SSSR count). The zero-order valence-corrected chi connectivity index (χ0v) is 10.8. The first-order chi connectivity index (χ1) is 8.74. The molecule has 5 heteroatoms. The first-order valence-electron chi connectivity index (χ1n) is 6.07. The summed E-state index contributed by atoms with van der Waals surface area (Å²) in [7, 11) is 0. The Kier molecular flexibility index (Phi) is 4.84. The van der Waals surface area contributed by atoms with Gasteiger partial charge in [-0.25, -0.2) is 5.48 Å². The lowest BCUT2D eigenvalue weighted by molar-refractivity contribution is -0.140. The van der Waals surface area contributed by atoms with E-state index < -0.39 is 0 Å². The van der Waals surface area contributed by atoms with Crippen molar-refractivity contribution in [2.45, 2.75) is 31.8 Å². The van der Waals surface area contributed by atoms with Crippen LogP contribution in [0.1, 0.15) is 25.7 Å². The van der Waals surface area contributed by atoms with Crippen molar-refractivity contribution in [3.63, 3.8) is 0 Å². The van der Waals surface area contributed by atoms with E-state index in [0.29, 0.717) is 10.8 Å². The Morgan fingerprint density at radius 1 is 1.39 bits per heavy atom. The Morgan fingerprint density at radius 3 is 2.89 bits per heavy atom. The van der Waals surface area contributed by atoms with Gasteiger partial charge >= 0.3 is 0 Å². The molecule has 0 aromatic heterocycles. The van der Waals surface area contributed by atoms with E-state index >= 15 is 0 Å². The summed E-state index contributed by atoms with van der Waals surface area (Å²) in [5.74, 6) is 0.278. The third-order valence-corrected chi connectivity index (χ3v) is 3.04. The predicted octanol–water partition coefficient (Wildman–Crippen LogP) is 2.71. The molecule has 0 bridgehead atoms. The van der Waals surface area contributed by atoms with Crippen LogP contribution in [0, 0.1) is 0 Å². The standard InChI is InChI=1S/C13H16ClNO3/c14-10-4-3-7-12(8-10)17-9-13(16)15-18-11-5-1-2-6-11/h3-4,7-8,11H,1-2,5-6,9H2,(H,15,16). The number of amides is 1. The van der Waals surface area contributed by atoms with Crippen molar-refractivity contribution in [3.8, 4) is 5.75 Å². The van der Waals surface area contributed by atoms with Crippen molar-refractivity contribution < 1.29 is 14.4 Å². The molecule has 0 aliphatic heterocycles. The Bertz CT molecular complexity index is 405. The zero-order chi connectivity index (χ0) is 12.8. The van der Waals surface area contributed by atoms with E-state index in [1.54, 1.807) is 24.3 Å². The van der Waals surface area contributed by atoms with Gasteiger partial charge in [-0.15, -0.1) is 0 Å². The molecule has 0 radical (unpaired) electrons. The molecule has 98 valence electrons. The number of hydroxylamine groups is 1. The summed E-state index contributed by atoms with van der Waals surface area (Å²) in [6.07, 6.45) is 4.50. The normalized spacial score (nSPS) is 15.6. The fourth-order valence-electron chi connectivity index (χ4n) is 1.89. The molecule has 1 aromatic carbocycles. The van der Waals surface area contributed by atoms with Crippen LogP contribution in [-0.2, 0) is 9.63 Å². The molecule has 1 aliphatic carbocycles. The van der Waals surface area contributed by atoms with Crippen molar-refractivity contribution >= 4 is 17.5 Å². The zero-order valence-electron chi connectivity index (χ0n) is 10.0. The third-order valence-electron chi connectivity index (χ3n) is 2.81. The highest BCUT2D eigenvalue weighted by Crippen LogP contribution is 2.20. The van der Waals surface area contributed by atoms with Crippen molar-refractivity contribution in [3.05, 3.63) is 29.3 Å². The van der Waals surface area contributed by atoms with Gasteiger partial charge in [0.2, 0.25) is 0 Å². The minimum absolute atomic E-state index is 0.0763. The molecule has 1 aromatic rings. The summed E-state index contributed by atoms with van der Waals surface area (Å²) >= 11 is 5.80. The largest absolute Gasteiger partial charge is 0.484 e. The fraction of sp³-hybridized carbons (Fsp3) is 0.462. The number of benzene rings is 1. The van der Waals surface area contributed by atoms with Crippen molar-refractivity contribution in [1.82, 2.24) is 5.48 Å². The molecule has 0 atom stereocenters. The number of rotatable bonds is 5. The minimum atomic E-state index is -0.290. The highest BCUT2D eigenvalue weighted by molar-refractivity contribution is 6.30. The highest BCUT2D eigenvalue weighted by atomic mass is 35.5. The number of carbonyl (C=O) groups is 1. The van der Waals surface area contributed by atoms with Crippen LogP contribution in [-0.4, -0.2) is 18.6 Å². The Balaban J connectivity index is 1.68. The highest BCUT2D eigenvalue weighted by Gasteiger charge is 2.16. The molecule has 0 unspecified atom stereocenters. The number of nitrogens with one attached hydrogen (secondary N) is 1. The van der Waals surface area contributed by atoms with Gasteiger partial charge in [0.1, 0.15) is 5.75 Å². The maximum absolute atomic E-state index is 11.5. The van der Waals surface area contributed by atoms with Gasteiger partial charge in [-0.3, -0.25) is 9.63 Å². The van der Waals surface area contributed by atoms with Gasteiger partial charge in [0.05, 0.1) is 6.10 Å². The van der Waals surface area contributed by atoms with Crippen LogP contribution in [0.15, 0.2) is 24.3 Å². The lowest BCUT2D eigenvalue weighted by Crippen LogP contribution is -2.32. The van der Waals surface area contributed by atoms with Crippen molar-refractivity contribution in [2.24, 2.45) is 0 Å². The molecule has 0 heterocycles. The van der Waals surface area contributed by atoms with Crippen LogP contribution in [0.2, 0.25) is 5.02 Å². The SMILES string of the molecule is O=C(COc1cccc(Cl)c1)NOC1CCCC1. The quantitative estimate of drug-likeness (QED) is 0.836. The summed E-state index contributed by atoms with van der Waals surface area (Å²) in [6, 6.07) is 6.92. The Hall–Kier alpha value is -1.26. The van der Waals surface area contributed by atoms with Gasteiger partial charge in [0.15, 0.2) is 6.61 Å². The Labute approximate surface area is 111 Å². The monoisotopic (exact) mass is 269 g/mol. The molecular weight excluding hydrogens is 254 g/mol. The molecule has 1 N–H and O–H groups in total. The Morgan fingerprint density at radius 2 is 2.17 bits per heavy atom. The first kappa shape index (κ1) is 13.2. The van der Waals surface area contributed by atoms with E-state index in [2.05, 4.69) is 5.48 Å². The summed E-state index contributed by atoms with van der Waals surface area (Å²) < 4.78 is 5.29. The second-order valence-corrected chi connectivity index (χ2v) is 4.73. The summed E-state index contributed by atoms with van der Waals surface area (Å²) in [6.45, 7) is -0.0763. The smallest absolute Gasteiger partial charge is 0.281 e.